The Balaban J connectivity index is 2.57. The lowest BCUT2D eigenvalue weighted by Crippen LogP contribution is -2.24. The maximum absolute atomic E-state index is 12.2. The number of nitrogens with zero attached hydrogens (tertiary/aromatic N) is 3. The lowest BCUT2D eigenvalue weighted by atomic mass is 10.2. The van der Waals surface area contributed by atoms with E-state index in [0.717, 1.165) is 12.4 Å². The second kappa shape index (κ2) is 4.99. The highest BCUT2D eigenvalue weighted by Crippen LogP contribution is 2.28. The molecule has 0 aliphatic heterocycles. The molecule has 0 aromatic carbocycles. The molecule has 16 heavy (non-hydrogen) atoms. The number of alkyl halides is 3. The summed E-state index contributed by atoms with van der Waals surface area (Å²) in [7, 11) is 1.62. The zero-order chi connectivity index (χ0) is 12.2. The van der Waals surface area contributed by atoms with Gasteiger partial charge in [-0.1, -0.05) is 0 Å². The minimum Gasteiger partial charge on any atom is -0.305 e. The zero-order valence-corrected chi connectivity index (χ0v) is 8.62. The summed E-state index contributed by atoms with van der Waals surface area (Å²) in [6.07, 6.45) is -2.24. The summed E-state index contributed by atoms with van der Waals surface area (Å²) in [5, 5.41) is 14.9. The molecule has 0 radical (unpaired) electrons. The smallest absolute Gasteiger partial charge is 0.305 e. The highest BCUT2D eigenvalue weighted by atomic mass is 19.4. The van der Waals surface area contributed by atoms with Crippen molar-refractivity contribution >= 4 is 0 Å². The van der Waals surface area contributed by atoms with Crippen molar-refractivity contribution in [1.82, 2.24) is 15.1 Å². The largest absolute Gasteiger partial charge is 0.419 e. The van der Waals surface area contributed by atoms with Crippen LogP contribution in [0.5, 0.6) is 0 Å². The highest BCUT2D eigenvalue weighted by molar-refractivity contribution is 5.08. The van der Waals surface area contributed by atoms with Crippen molar-refractivity contribution < 1.29 is 13.2 Å². The quantitative estimate of drug-likeness (QED) is 0.853. The number of nitrogens with one attached hydrogen (secondary N) is 1. The number of nitriles is 1. The predicted octanol–water partition coefficient (Wildman–Crippen LogP) is 1.40. The van der Waals surface area contributed by atoms with Crippen molar-refractivity contribution in [2.24, 2.45) is 0 Å². The first-order valence-corrected chi connectivity index (χ1v) is 4.64. The van der Waals surface area contributed by atoms with Crippen LogP contribution in [0.1, 0.15) is 12.0 Å². The molecule has 1 N–H and O–H groups in total. The lowest BCUT2D eigenvalue weighted by Gasteiger charge is -2.06. The third kappa shape index (κ3) is 3.24. The highest BCUT2D eigenvalue weighted by Gasteiger charge is 2.32. The van der Waals surface area contributed by atoms with E-state index in [9.17, 15) is 13.2 Å². The van der Waals surface area contributed by atoms with Crippen LogP contribution in [0.4, 0.5) is 13.2 Å². The fourth-order valence-corrected chi connectivity index (χ4v) is 1.17. The Labute approximate surface area is 90.7 Å². The molecule has 7 heteroatoms. The van der Waals surface area contributed by atoms with E-state index in [1.54, 1.807) is 7.05 Å². The predicted molar refractivity (Wildman–Crippen MR) is 50.3 cm³/mol. The second-order valence-corrected chi connectivity index (χ2v) is 3.25. The topological polar surface area (TPSA) is 53.6 Å². The van der Waals surface area contributed by atoms with E-state index >= 15 is 0 Å². The van der Waals surface area contributed by atoms with Gasteiger partial charge in [-0.15, -0.1) is 0 Å². The lowest BCUT2D eigenvalue weighted by molar-refractivity contribution is -0.137. The molecule has 1 atom stereocenters. The van der Waals surface area contributed by atoms with E-state index in [2.05, 4.69) is 10.4 Å². The second-order valence-electron chi connectivity index (χ2n) is 3.25. The van der Waals surface area contributed by atoms with Crippen LogP contribution in [0.2, 0.25) is 0 Å². The van der Waals surface area contributed by atoms with Crippen LogP contribution in [0, 0.1) is 11.3 Å². The van der Waals surface area contributed by atoms with Crippen LogP contribution >= 0.6 is 0 Å². The first kappa shape index (κ1) is 12.5. The molecule has 88 valence electrons. The molecule has 0 bridgehead atoms. The van der Waals surface area contributed by atoms with Gasteiger partial charge in [0.25, 0.3) is 0 Å². The molecule has 0 saturated heterocycles. The SMILES string of the molecule is CNC(C#N)CCn1cc(C(F)(F)F)cn1. The van der Waals surface area contributed by atoms with Crippen molar-refractivity contribution in [3.05, 3.63) is 18.0 Å². The normalized spacial score (nSPS) is 13.4. The molecule has 0 spiro atoms. The number of aryl methyl sites for hydroxylation is 1. The molecule has 1 unspecified atom stereocenters. The number of rotatable bonds is 4. The number of aromatic nitrogens is 2. The van der Waals surface area contributed by atoms with Crippen molar-refractivity contribution in [3.8, 4) is 6.07 Å². The van der Waals surface area contributed by atoms with Crippen LogP contribution in [-0.2, 0) is 12.7 Å². The number of halogens is 3. The van der Waals surface area contributed by atoms with Crippen LogP contribution in [0.15, 0.2) is 12.4 Å². The Hall–Kier alpha value is -1.55. The summed E-state index contributed by atoms with van der Waals surface area (Å²) in [6, 6.07) is 1.61. The van der Waals surface area contributed by atoms with Crippen LogP contribution in [0.25, 0.3) is 0 Å². The fraction of sp³-hybridized carbons (Fsp3) is 0.556. The Morgan fingerprint density at radius 1 is 1.62 bits per heavy atom. The first-order chi connectivity index (χ1) is 7.47. The molecule has 0 saturated carbocycles. The summed E-state index contributed by atoms with van der Waals surface area (Å²) in [5.41, 5.74) is -0.773. The summed E-state index contributed by atoms with van der Waals surface area (Å²) >= 11 is 0. The maximum atomic E-state index is 12.2. The summed E-state index contributed by atoms with van der Waals surface area (Å²) in [4.78, 5) is 0. The van der Waals surface area contributed by atoms with Gasteiger partial charge < -0.3 is 5.32 Å². The molecular formula is C9H11F3N4. The van der Waals surface area contributed by atoms with Gasteiger partial charge in [0, 0.05) is 12.7 Å². The minimum absolute atomic E-state index is 0.273. The van der Waals surface area contributed by atoms with Gasteiger partial charge in [-0.2, -0.15) is 23.5 Å². The van der Waals surface area contributed by atoms with Crippen LogP contribution in [-0.4, -0.2) is 22.9 Å². The Kier molecular flexibility index (Phi) is 3.90. The molecule has 1 aromatic heterocycles. The maximum Gasteiger partial charge on any atom is 0.419 e. The van der Waals surface area contributed by atoms with Crippen molar-refractivity contribution in [2.45, 2.75) is 25.2 Å². The average molecular weight is 232 g/mol. The molecule has 0 fully saturated rings. The molecule has 1 heterocycles. The van der Waals surface area contributed by atoms with Gasteiger partial charge in [0.2, 0.25) is 0 Å². The third-order valence-electron chi connectivity index (χ3n) is 2.11. The molecule has 0 aliphatic rings. The first-order valence-electron chi connectivity index (χ1n) is 4.64. The van der Waals surface area contributed by atoms with E-state index in [4.69, 9.17) is 5.26 Å². The molecule has 1 aromatic rings. The minimum atomic E-state index is -4.37. The van der Waals surface area contributed by atoms with Gasteiger partial charge in [0.15, 0.2) is 0 Å². The van der Waals surface area contributed by atoms with E-state index in [0.29, 0.717) is 6.42 Å². The van der Waals surface area contributed by atoms with Gasteiger partial charge in [-0.05, 0) is 13.5 Å². The van der Waals surface area contributed by atoms with Crippen molar-refractivity contribution in [3.63, 3.8) is 0 Å². The molecule has 0 aliphatic carbocycles. The Morgan fingerprint density at radius 3 is 2.75 bits per heavy atom. The van der Waals surface area contributed by atoms with E-state index < -0.39 is 11.7 Å². The van der Waals surface area contributed by atoms with E-state index in [1.165, 1.54) is 4.68 Å². The van der Waals surface area contributed by atoms with Crippen LogP contribution in [0.3, 0.4) is 0 Å². The third-order valence-corrected chi connectivity index (χ3v) is 2.11. The molecule has 4 nitrogen and oxygen atoms in total. The molecular weight excluding hydrogens is 221 g/mol. The average Bonchev–Trinajstić information content (AvgIpc) is 2.67. The zero-order valence-electron chi connectivity index (χ0n) is 8.62. The monoisotopic (exact) mass is 232 g/mol. The van der Waals surface area contributed by atoms with E-state index in [-0.39, 0.29) is 12.6 Å². The van der Waals surface area contributed by atoms with Gasteiger partial charge in [0.1, 0.15) is 0 Å². The van der Waals surface area contributed by atoms with Crippen LogP contribution < -0.4 is 5.32 Å². The van der Waals surface area contributed by atoms with Gasteiger partial charge in [-0.3, -0.25) is 4.68 Å². The summed E-state index contributed by atoms with van der Waals surface area (Å²) in [5.74, 6) is 0. The van der Waals surface area contributed by atoms with Gasteiger partial charge >= 0.3 is 6.18 Å². The van der Waals surface area contributed by atoms with Crippen molar-refractivity contribution in [1.29, 1.82) is 5.26 Å². The Morgan fingerprint density at radius 2 is 2.31 bits per heavy atom. The number of hydrogen-bond donors (Lipinski definition) is 1. The number of hydrogen-bond acceptors (Lipinski definition) is 3. The summed E-state index contributed by atoms with van der Waals surface area (Å²) in [6.45, 7) is 0.273. The standard InChI is InChI=1S/C9H11F3N4/c1-14-8(4-13)2-3-16-6-7(5-15-16)9(10,11)12/h5-6,8,14H,2-3H2,1H3. The summed E-state index contributed by atoms with van der Waals surface area (Å²) < 4.78 is 37.8. The van der Waals surface area contributed by atoms with E-state index in [1.807, 2.05) is 6.07 Å². The molecule has 1 rings (SSSR count). The van der Waals surface area contributed by atoms with Gasteiger partial charge in [0.05, 0.1) is 23.9 Å². The van der Waals surface area contributed by atoms with Crippen molar-refractivity contribution in [2.75, 3.05) is 7.05 Å². The molecule has 0 amide bonds. The fourth-order valence-electron chi connectivity index (χ4n) is 1.17. The Bertz CT molecular complexity index is 377. The van der Waals surface area contributed by atoms with Gasteiger partial charge in [-0.25, -0.2) is 0 Å².